The molecule has 0 bridgehead atoms. The minimum atomic E-state index is -0.836. The second-order valence-electron chi connectivity index (χ2n) is 8.61. The number of anilines is 1. The lowest BCUT2D eigenvalue weighted by Crippen LogP contribution is -2.54. The number of fused-ring (bicyclic) bond motifs is 1. The lowest BCUT2D eigenvalue weighted by molar-refractivity contribution is -0.122. The Morgan fingerprint density at radius 1 is 0.838 bits per heavy atom. The van der Waals surface area contributed by atoms with Crippen molar-refractivity contribution in [2.75, 3.05) is 12.0 Å². The molecule has 0 spiro atoms. The Bertz CT molecular complexity index is 1490. The van der Waals surface area contributed by atoms with Crippen molar-refractivity contribution >= 4 is 41.4 Å². The van der Waals surface area contributed by atoms with Crippen LogP contribution in [0.2, 0.25) is 0 Å². The van der Waals surface area contributed by atoms with E-state index in [0.717, 1.165) is 15.4 Å². The molecule has 0 atom stereocenters. The number of nitrogens with one attached hydrogen (secondary N) is 1. The molecular weight excluding hydrogens is 474 g/mol. The molecule has 0 radical (unpaired) electrons. The average molecular weight is 495 g/mol. The average Bonchev–Trinajstić information content (AvgIpc) is 3.12. The minimum absolute atomic E-state index is 0.0688. The molecule has 2 heterocycles. The van der Waals surface area contributed by atoms with Crippen LogP contribution in [0.25, 0.3) is 6.08 Å². The summed E-state index contributed by atoms with van der Waals surface area (Å²) in [7, 11) is 1.46. The zero-order chi connectivity index (χ0) is 26.3. The molecule has 5 rings (SSSR count). The van der Waals surface area contributed by atoms with Crippen molar-refractivity contribution in [3.63, 3.8) is 0 Å². The monoisotopic (exact) mass is 495 g/mol. The van der Waals surface area contributed by atoms with Gasteiger partial charge in [0.2, 0.25) is 0 Å². The Labute approximate surface area is 211 Å². The molecule has 3 aromatic rings. The maximum Gasteiger partial charge on any atom is 0.335 e. The zero-order valence-corrected chi connectivity index (χ0v) is 20.0. The number of hydrogen-bond acceptors (Lipinski definition) is 6. The number of rotatable bonds is 5. The Kier molecular flexibility index (Phi) is 5.88. The number of benzene rings is 3. The van der Waals surface area contributed by atoms with Crippen LogP contribution in [0, 0.1) is 6.92 Å². The summed E-state index contributed by atoms with van der Waals surface area (Å²) in [4.78, 5) is 65.9. The third kappa shape index (κ3) is 4.16. The van der Waals surface area contributed by atoms with Gasteiger partial charge in [-0.05, 0) is 55.0 Å². The predicted molar refractivity (Wildman–Crippen MR) is 134 cm³/mol. The summed E-state index contributed by atoms with van der Waals surface area (Å²) in [6, 6.07) is 17.4. The third-order valence-electron chi connectivity index (χ3n) is 6.22. The quantitative estimate of drug-likeness (QED) is 0.330. The highest BCUT2D eigenvalue weighted by atomic mass is 16.5. The fourth-order valence-corrected chi connectivity index (χ4v) is 4.32. The topological polar surface area (TPSA) is 113 Å². The van der Waals surface area contributed by atoms with Crippen molar-refractivity contribution < 1.29 is 28.7 Å². The lowest BCUT2D eigenvalue weighted by Gasteiger charge is -2.26. The van der Waals surface area contributed by atoms with Gasteiger partial charge in [0.15, 0.2) is 0 Å². The standard InChI is InChI=1S/C28H21N3O6/c1-16-7-10-19(11-8-16)31-27(35)22(24(32)29-28(31)36)14-17-9-12-23(37-2)18(13-17)15-30-25(33)20-5-3-4-6-21(20)26(30)34/h3-14H,15H2,1-2H3,(H,29,32,36)/b22-14-. The van der Waals surface area contributed by atoms with E-state index in [1.807, 2.05) is 6.92 Å². The molecule has 1 N–H and O–H groups in total. The lowest BCUT2D eigenvalue weighted by atomic mass is 10.0. The van der Waals surface area contributed by atoms with Crippen LogP contribution < -0.4 is 15.0 Å². The van der Waals surface area contributed by atoms with Crippen LogP contribution in [0.1, 0.15) is 37.4 Å². The first-order chi connectivity index (χ1) is 17.8. The van der Waals surface area contributed by atoms with Crippen LogP contribution in [0.5, 0.6) is 5.75 Å². The Morgan fingerprint density at radius 3 is 2.11 bits per heavy atom. The van der Waals surface area contributed by atoms with Crippen LogP contribution >= 0.6 is 0 Å². The second-order valence-corrected chi connectivity index (χ2v) is 8.61. The first-order valence-corrected chi connectivity index (χ1v) is 11.4. The molecule has 9 nitrogen and oxygen atoms in total. The number of methoxy groups -OCH3 is 1. The molecule has 3 aromatic carbocycles. The van der Waals surface area contributed by atoms with Gasteiger partial charge in [0.25, 0.3) is 23.6 Å². The number of imide groups is 3. The maximum atomic E-state index is 13.2. The van der Waals surface area contributed by atoms with Crippen LogP contribution in [0.15, 0.2) is 72.3 Å². The summed E-state index contributed by atoms with van der Waals surface area (Å²) >= 11 is 0. The van der Waals surface area contributed by atoms with Gasteiger partial charge in [0.1, 0.15) is 11.3 Å². The van der Waals surface area contributed by atoms with Gasteiger partial charge in [0, 0.05) is 5.56 Å². The van der Waals surface area contributed by atoms with E-state index in [2.05, 4.69) is 5.32 Å². The van der Waals surface area contributed by atoms with Gasteiger partial charge in [-0.2, -0.15) is 0 Å². The molecule has 6 amide bonds. The van der Waals surface area contributed by atoms with Crippen molar-refractivity contribution in [3.05, 3.63) is 100 Å². The van der Waals surface area contributed by atoms with Crippen molar-refractivity contribution in [3.8, 4) is 5.75 Å². The van der Waals surface area contributed by atoms with Gasteiger partial charge < -0.3 is 4.74 Å². The Hall–Kier alpha value is -5.05. The summed E-state index contributed by atoms with van der Waals surface area (Å²) in [5.41, 5.74) is 2.64. The van der Waals surface area contributed by atoms with E-state index in [-0.39, 0.29) is 12.1 Å². The SMILES string of the molecule is COc1ccc(/C=C2/C(=O)NC(=O)N(c3ccc(C)cc3)C2=O)cc1CN1C(=O)c2ccccc2C1=O. The number of urea groups is 1. The summed E-state index contributed by atoms with van der Waals surface area (Å²) in [5.74, 6) is -2.00. The normalized spacial score (nSPS) is 16.4. The van der Waals surface area contributed by atoms with E-state index in [1.165, 1.54) is 13.2 Å². The molecule has 2 aliphatic rings. The second kappa shape index (κ2) is 9.19. The van der Waals surface area contributed by atoms with Gasteiger partial charge in [0.05, 0.1) is 30.5 Å². The molecule has 9 heteroatoms. The molecule has 1 fully saturated rings. The highest BCUT2D eigenvalue weighted by Gasteiger charge is 2.37. The number of aryl methyl sites for hydroxylation is 1. The van der Waals surface area contributed by atoms with Crippen molar-refractivity contribution in [1.29, 1.82) is 0 Å². The molecular formula is C28H21N3O6. The smallest absolute Gasteiger partial charge is 0.335 e. The minimum Gasteiger partial charge on any atom is -0.496 e. The van der Waals surface area contributed by atoms with Crippen molar-refractivity contribution in [2.45, 2.75) is 13.5 Å². The van der Waals surface area contributed by atoms with E-state index in [0.29, 0.717) is 33.7 Å². The zero-order valence-electron chi connectivity index (χ0n) is 20.0. The number of carbonyl (C=O) groups is 5. The number of barbiturate groups is 1. The van der Waals surface area contributed by atoms with Gasteiger partial charge in [-0.1, -0.05) is 35.9 Å². The van der Waals surface area contributed by atoms with E-state index < -0.39 is 29.7 Å². The summed E-state index contributed by atoms with van der Waals surface area (Å²) in [5, 5.41) is 2.20. The van der Waals surface area contributed by atoms with Crippen LogP contribution in [0.4, 0.5) is 10.5 Å². The highest BCUT2D eigenvalue weighted by molar-refractivity contribution is 6.39. The summed E-state index contributed by atoms with van der Waals surface area (Å²) in [6.45, 7) is 1.81. The number of nitrogens with zero attached hydrogens (tertiary/aromatic N) is 2. The van der Waals surface area contributed by atoms with E-state index in [4.69, 9.17) is 4.74 Å². The molecule has 0 unspecified atom stereocenters. The van der Waals surface area contributed by atoms with Crippen molar-refractivity contribution in [2.24, 2.45) is 0 Å². The molecule has 37 heavy (non-hydrogen) atoms. The predicted octanol–water partition coefficient (Wildman–Crippen LogP) is 3.47. The highest BCUT2D eigenvalue weighted by Crippen LogP contribution is 2.29. The van der Waals surface area contributed by atoms with E-state index in [1.54, 1.807) is 66.7 Å². The van der Waals surface area contributed by atoms with Crippen LogP contribution in [0.3, 0.4) is 0 Å². The van der Waals surface area contributed by atoms with Gasteiger partial charge in [-0.3, -0.25) is 29.4 Å². The molecule has 1 saturated heterocycles. The summed E-state index contributed by atoms with van der Waals surface area (Å²) in [6.07, 6.45) is 1.36. The van der Waals surface area contributed by atoms with Gasteiger partial charge >= 0.3 is 6.03 Å². The van der Waals surface area contributed by atoms with Gasteiger partial charge in [-0.15, -0.1) is 0 Å². The fourth-order valence-electron chi connectivity index (χ4n) is 4.32. The molecule has 0 aliphatic carbocycles. The largest absolute Gasteiger partial charge is 0.496 e. The Morgan fingerprint density at radius 2 is 1.49 bits per heavy atom. The number of carbonyl (C=O) groups excluding carboxylic acids is 5. The number of hydrogen-bond donors (Lipinski definition) is 1. The first-order valence-electron chi connectivity index (χ1n) is 11.4. The van der Waals surface area contributed by atoms with E-state index in [9.17, 15) is 24.0 Å². The Balaban J connectivity index is 1.47. The number of amides is 6. The molecule has 0 aromatic heterocycles. The molecule has 0 saturated carbocycles. The molecule has 184 valence electrons. The van der Waals surface area contributed by atoms with E-state index >= 15 is 0 Å². The van der Waals surface area contributed by atoms with Crippen molar-refractivity contribution in [1.82, 2.24) is 10.2 Å². The fraction of sp³-hybridized carbons (Fsp3) is 0.107. The van der Waals surface area contributed by atoms with Crippen LogP contribution in [-0.2, 0) is 16.1 Å². The summed E-state index contributed by atoms with van der Waals surface area (Å²) < 4.78 is 5.42. The number of ether oxygens (including phenoxy) is 1. The van der Waals surface area contributed by atoms with Gasteiger partial charge in [-0.25, -0.2) is 9.69 Å². The first kappa shape index (κ1) is 23.7. The maximum absolute atomic E-state index is 13.2. The third-order valence-corrected chi connectivity index (χ3v) is 6.22. The molecule has 2 aliphatic heterocycles. The van der Waals surface area contributed by atoms with Crippen LogP contribution in [-0.4, -0.2) is 41.7 Å².